The molecule has 0 aliphatic heterocycles. The molecule has 0 aliphatic rings. The van der Waals surface area contributed by atoms with Crippen LogP contribution < -0.4 is 10.9 Å². The molecule has 0 amide bonds. The van der Waals surface area contributed by atoms with Gasteiger partial charge in [-0.05, 0) is 36.1 Å². The van der Waals surface area contributed by atoms with Crippen molar-refractivity contribution < 1.29 is 4.39 Å². The lowest BCUT2D eigenvalue weighted by molar-refractivity contribution is 0.629. The van der Waals surface area contributed by atoms with Crippen LogP contribution in [0.5, 0.6) is 0 Å². The second-order valence-electron chi connectivity index (χ2n) is 6.45. The zero-order chi connectivity index (χ0) is 19.0. The molecule has 3 aromatic heterocycles. The molecule has 0 saturated carbocycles. The Kier molecular flexibility index (Phi) is 4.31. The number of anilines is 1. The van der Waals surface area contributed by atoms with Gasteiger partial charge < -0.3 is 10.3 Å². The van der Waals surface area contributed by atoms with Gasteiger partial charge in [0.25, 0.3) is 5.56 Å². The van der Waals surface area contributed by atoms with E-state index in [0.717, 1.165) is 35.1 Å². The van der Waals surface area contributed by atoms with Gasteiger partial charge in [-0.15, -0.1) is 0 Å². The zero-order valence-corrected chi connectivity index (χ0v) is 15.1. The molecule has 4 rings (SSSR count). The van der Waals surface area contributed by atoms with E-state index < -0.39 is 0 Å². The normalized spacial score (nSPS) is 11.4. The highest BCUT2D eigenvalue weighted by atomic mass is 19.1. The summed E-state index contributed by atoms with van der Waals surface area (Å²) < 4.78 is 15.0. The number of aryl methyl sites for hydroxylation is 2. The first-order chi connectivity index (χ1) is 13.0. The minimum Gasteiger partial charge on any atom is -0.365 e. The summed E-state index contributed by atoms with van der Waals surface area (Å²) in [6, 6.07) is 6.09. The van der Waals surface area contributed by atoms with Crippen LogP contribution in [0.3, 0.4) is 0 Å². The molecule has 3 heterocycles. The lowest BCUT2D eigenvalue weighted by Crippen LogP contribution is -2.16. The second kappa shape index (κ2) is 6.79. The van der Waals surface area contributed by atoms with Crippen LogP contribution in [-0.2, 0) is 20.0 Å². The summed E-state index contributed by atoms with van der Waals surface area (Å²) in [4.78, 5) is 24.2. The third-order valence-electron chi connectivity index (χ3n) is 4.44. The predicted molar refractivity (Wildman–Crippen MR) is 102 cm³/mol. The van der Waals surface area contributed by atoms with E-state index in [1.54, 1.807) is 23.0 Å². The van der Waals surface area contributed by atoms with Crippen molar-refractivity contribution in [1.29, 1.82) is 0 Å². The van der Waals surface area contributed by atoms with Crippen molar-refractivity contribution in [2.75, 3.05) is 5.32 Å². The first-order valence-electron chi connectivity index (χ1n) is 8.79. The number of nitrogens with one attached hydrogen (secondary N) is 2. The monoisotopic (exact) mass is 366 g/mol. The molecular weight excluding hydrogens is 347 g/mol. The standard InChI is InChI=1S/C19H19FN6O/c1-3-4-16-24-17(14-10-22-26(2)18(14)25-16)21-9-12-7-11-5-6-13(20)8-15(11)23-19(12)27/h5-8,10H,3-4,9H2,1-2H3,(H,23,27)(H,21,24,25). The van der Waals surface area contributed by atoms with E-state index in [4.69, 9.17) is 0 Å². The van der Waals surface area contributed by atoms with E-state index in [0.29, 0.717) is 16.9 Å². The van der Waals surface area contributed by atoms with Gasteiger partial charge in [0, 0.05) is 25.6 Å². The molecule has 0 radical (unpaired) electrons. The number of fused-ring (bicyclic) bond motifs is 2. The topological polar surface area (TPSA) is 88.5 Å². The van der Waals surface area contributed by atoms with Crippen LogP contribution in [0.2, 0.25) is 0 Å². The maximum Gasteiger partial charge on any atom is 0.253 e. The van der Waals surface area contributed by atoms with Crippen LogP contribution in [0, 0.1) is 5.82 Å². The molecule has 0 bridgehead atoms. The molecule has 4 aromatic rings. The molecule has 0 saturated heterocycles. The molecular formula is C19H19FN6O. The molecule has 2 N–H and O–H groups in total. The minimum atomic E-state index is -0.382. The smallest absolute Gasteiger partial charge is 0.253 e. The fourth-order valence-electron chi connectivity index (χ4n) is 3.07. The highest BCUT2D eigenvalue weighted by molar-refractivity contribution is 5.86. The molecule has 0 atom stereocenters. The highest BCUT2D eigenvalue weighted by Crippen LogP contribution is 2.21. The lowest BCUT2D eigenvalue weighted by Gasteiger charge is -2.09. The highest BCUT2D eigenvalue weighted by Gasteiger charge is 2.12. The average Bonchev–Trinajstić information content (AvgIpc) is 3.01. The van der Waals surface area contributed by atoms with Crippen molar-refractivity contribution in [2.45, 2.75) is 26.3 Å². The van der Waals surface area contributed by atoms with Crippen molar-refractivity contribution in [2.24, 2.45) is 7.05 Å². The van der Waals surface area contributed by atoms with E-state index >= 15 is 0 Å². The van der Waals surface area contributed by atoms with Gasteiger partial charge in [-0.3, -0.25) is 9.48 Å². The van der Waals surface area contributed by atoms with Crippen molar-refractivity contribution >= 4 is 27.8 Å². The van der Waals surface area contributed by atoms with E-state index in [1.165, 1.54) is 12.1 Å². The Labute approximate surface area is 154 Å². The van der Waals surface area contributed by atoms with Crippen LogP contribution >= 0.6 is 0 Å². The maximum absolute atomic E-state index is 13.3. The largest absolute Gasteiger partial charge is 0.365 e. The molecule has 0 unspecified atom stereocenters. The Balaban J connectivity index is 1.69. The van der Waals surface area contributed by atoms with Crippen LogP contribution in [-0.4, -0.2) is 24.7 Å². The van der Waals surface area contributed by atoms with Crippen molar-refractivity contribution in [3.8, 4) is 0 Å². The average molecular weight is 366 g/mol. The van der Waals surface area contributed by atoms with Gasteiger partial charge in [-0.1, -0.05) is 6.92 Å². The molecule has 1 aromatic carbocycles. The van der Waals surface area contributed by atoms with Gasteiger partial charge in [0.1, 0.15) is 17.5 Å². The van der Waals surface area contributed by atoms with E-state index in [1.807, 2.05) is 7.05 Å². The van der Waals surface area contributed by atoms with Crippen LogP contribution in [0.1, 0.15) is 24.7 Å². The summed E-state index contributed by atoms with van der Waals surface area (Å²) in [5.41, 5.74) is 1.51. The van der Waals surface area contributed by atoms with E-state index in [-0.39, 0.29) is 17.9 Å². The Morgan fingerprint density at radius 3 is 2.93 bits per heavy atom. The van der Waals surface area contributed by atoms with Crippen molar-refractivity contribution in [3.63, 3.8) is 0 Å². The molecule has 138 valence electrons. The number of aromatic amines is 1. The third kappa shape index (κ3) is 3.25. The summed E-state index contributed by atoms with van der Waals surface area (Å²) in [6.07, 6.45) is 3.41. The fraction of sp³-hybridized carbons (Fsp3) is 0.263. The van der Waals surface area contributed by atoms with E-state index in [2.05, 4.69) is 32.3 Å². The summed E-state index contributed by atoms with van der Waals surface area (Å²) >= 11 is 0. The quantitative estimate of drug-likeness (QED) is 0.567. The minimum absolute atomic E-state index is 0.258. The number of hydrogen-bond donors (Lipinski definition) is 2. The summed E-state index contributed by atoms with van der Waals surface area (Å²) in [7, 11) is 1.84. The number of aromatic nitrogens is 5. The van der Waals surface area contributed by atoms with Crippen LogP contribution in [0.15, 0.2) is 35.3 Å². The van der Waals surface area contributed by atoms with Gasteiger partial charge in [0.2, 0.25) is 0 Å². The fourth-order valence-corrected chi connectivity index (χ4v) is 3.07. The van der Waals surface area contributed by atoms with Gasteiger partial charge in [0.15, 0.2) is 5.65 Å². The third-order valence-corrected chi connectivity index (χ3v) is 4.44. The van der Waals surface area contributed by atoms with Crippen LogP contribution in [0.4, 0.5) is 10.2 Å². The molecule has 8 heteroatoms. The Hall–Kier alpha value is -3.29. The number of H-pyrrole nitrogens is 1. The molecule has 27 heavy (non-hydrogen) atoms. The SMILES string of the molecule is CCCc1nc(NCc2cc3ccc(F)cc3[nH]c2=O)c2cnn(C)c2n1. The maximum atomic E-state index is 13.3. The molecule has 0 spiro atoms. The second-order valence-corrected chi connectivity index (χ2v) is 6.45. The predicted octanol–water partition coefficient (Wildman–Crippen LogP) is 2.91. The number of halogens is 1. The van der Waals surface area contributed by atoms with Crippen molar-refractivity contribution in [3.05, 3.63) is 58.0 Å². The van der Waals surface area contributed by atoms with E-state index in [9.17, 15) is 9.18 Å². The van der Waals surface area contributed by atoms with Gasteiger partial charge in [-0.2, -0.15) is 5.10 Å². The number of benzene rings is 1. The summed E-state index contributed by atoms with van der Waals surface area (Å²) in [6.45, 7) is 2.36. The van der Waals surface area contributed by atoms with Gasteiger partial charge >= 0.3 is 0 Å². The summed E-state index contributed by atoms with van der Waals surface area (Å²) in [5, 5.41) is 9.06. The number of pyridine rings is 1. The number of nitrogens with zero attached hydrogens (tertiary/aromatic N) is 4. The molecule has 0 aliphatic carbocycles. The Morgan fingerprint density at radius 2 is 2.11 bits per heavy atom. The number of hydrogen-bond acceptors (Lipinski definition) is 5. The lowest BCUT2D eigenvalue weighted by atomic mass is 10.1. The summed E-state index contributed by atoms with van der Waals surface area (Å²) in [5.74, 6) is 1.00. The first-order valence-corrected chi connectivity index (χ1v) is 8.79. The van der Waals surface area contributed by atoms with Gasteiger partial charge in [-0.25, -0.2) is 14.4 Å². The van der Waals surface area contributed by atoms with Gasteiger partial charge in [0.05, 0.1) is 17.1 Å². The molecule has 0 fully saturated rings. The number of rotatable bonds is 5. The Bertz CT molecular complexity index is 1200. The first kappa shape index (κ1) is 17.1. The Morgan fingerprint density at radius 1 is 1.26 bits per heavy atom. The van der Waals surface area contributed by atoms with Crippen molar-refractivity contribution in [1.82, 2.24) is 24.7 Å². The molecule has 7 nitrogen and oxygen atoms in total. The zero-order valence-electron chi connectivity index (χ0n) is 15.1. The van der Waals surface area contributed by atoms with Crippen LogP contribution in [0.25, 0.3) is 21.9 Å².